The number of nitro groups is 1. The normalized spacial score (nSPS) is 10.6. The number of nitro benzene ring substituents is 1. The van der Waals surface area contributed by atoms with Crippen molar-refractivity contribution in [3.63, 3.8) is 0 Å². The van der Waals surface area contributed by atoms with Gasteiger partial charge >= 0.3 is 0 Å². The molecule has 0 aromatic heterocycles. The van der Waals surface area contributed by atoms with E-state index < -0.39 is 10.8 Å². The van der Waals surface area contributed by atoms with E-state index in [1.54, 1.807) is 37.2 Å². The van der Waals surface area contributed by atoms with Gasteiger partial charge in [0.15, 0.2) is 6.61 Å². The Hall–Kier alpha value is -3.42. The molecular weight excluding hydrogens is 336 g/mol. The fourth-order valence-corrected chi connectivity index (χ4v) is 2.21. The number of ether oxygens (including phenoxy) is 1. The van der Waals surface area contributed by atoms with Crippen molar-refractivity contribution in [1.82, 2.24) is 5.43 Å². The highest BCUT2D eigenvalue weighted by atomic mass is 16.6. The number of anilines is 1. The first kappa shape index (κ1) is 18.9. The number of nitrogens with zero attached hydrogens (tertiary/aromatic N) is 3. The lowest BCUT2D eigenvalue weighted by atomic mass is 10.2. The van der Waals surface area contributed by atoms with Gasteiger partial charge in [0, 0.05) is 25.7 Å². The lowest BCUT2D eigenvalue weighted by Gasteiger charge is -2.12. The van der Waals surface area contributed by atoms with E-state index in [0.29, 0.717) is 17.0 Å². The van der Waals surface area contributed by atoms with Gasteiger partial charge in [-0.05, 0) is 30.7 Å². The second kappa shape index (κ2) is 8.61. The Morgan fingerprint density at radius 3 is 2.73 bits per heavy atom. The van der Waals surface area contributed by atoms with Crippen molar-refractivity contribution in [2.75, 3.05) is 25.6 Å². The smallest absolute Gasteiger partial charge is 0.293 e. The van der Waals surface area contributed by atoms with E-state index in [4.69, 9.17) is 4.74 Å². The summed E-state index contributed by atoms with van der Waals surface area (Å²) < 4.78 is 5.36. The molecule has 26 heavy (non-hydrogen) atoms. The van der Waals surface area contributed by atoms with Crippen LogP contribution in [0.25, 0.3) is 0 Å². The first-order chi connectivity index (χ1) is 12.4. The molecule has 0 radical (unpaired) electrons. The molecule has 2 aromatic carbocycles. The van der Waals surface area contributed by atoms with Gasteiger partial charge in [-0.3, -0.25) is 14.9 Å². The maximum atomic E-state index is 11.7. The molecule has 1 amide bonds. The second-order valence-electron chi connectivity index (χ2n) is 5.80. The zero-order chi connectivity index (χ0) is 19.1. The maximum absolute atomic E-state index is 11.7. The first-order valence-corrected chi connectivity index (χ1v) is 7.84. The summed E-state index contributed by atoms with van der Waals surface area (Å²) in [4.78, 5) is 24.1. The van der Waals surface area contributed by atoms with Gasteiger partial charge in [-0.2, -0.15) is 5.10 Å². The molecule has 8 heteroatoms. The zero-order valence-electron chi connectivity index (χ0n) is 14.8. The van der Waals surface area contributed by atoms with Crippen LogP contribution in [0.5, 0.6) is 5.75 Å². The number of carbonyl (C=O) groups is 1. The first-order valence-electron chi connectivity index (χ1n) is 7.84. The minimum Gasteiger partial charge on any atom is -0.484 e. The topological polar surface area (TPSA) is 97.1 Å². The van der Waals surface area contributed by atoms with Gasteiger partial charge in [0.05, 0.1) is 11.1 Å². The number of hydrazone groups is 1. The highest BCUT2D eigenvalue weighted by Gasteiger charge is 2.15. The van der Waals surface area contributed by atoms with Crippen molar-refractivity contribution in [3.05, 3.63) is 63.7 Å². The summed E-state index contributed by atoms with van der Waals surface area (Å²) in [7, 11) is 3.45. The summed E-state index contributed by atoms with van der Waals surface area (Å²) in [6.45, 7) is 1.75. The second-order valence-corrected chi connectivity index (χ2v) is 5.80. The Labute approximate surface area is 151 Å². The third-order valence-corrected chi connectivity index (χ3v) is 3.44. The summed E-state index contributed by atoms with van der Waals surface area (Å²) in [5.41, 5.74) is 4.31. The molecule has 2 rings (SSSR count). The highest BCUT2D eigenvalue weighted by Crippen LogP contribution is 2.27. The third-order valence-electron chi connectivity index (χ3n) is 3.44. The van der Waals surface area contributed by atoms with Crippen molar-refractivity contribution >= 4 is 23.5 Å². The van der Waals surface area contributed by atoms with E-state index in [9.17, 15) is 14.9 Å². The van der Waals surface area contributed by atoms with Crippen LogP contribution in [-0.4, -0.2) is 37.7 Å². The van der Waals surface area contributed by atoms with Crippen molar-refractivity contribution in [3.8, 4) is 5.75 Å². The van der Waals surface area contributed by atoms with E-state index in [2.05, 4.69) is 10.5 Å². The average molecular weight is 356 g/mol. The Morgan fingerprint density at radius 2 is 2.08 bits per heavy atom. The van der Waals surface area contributed by atoms with Gasteiger partial charge in [0.25, 0.3) is 11.6 Å². The van der Waals surface area contributed by atoms with Crippen LogP contribution in [0.2, 0.25) is 0 Å². The van der Waals surface area contributed by atoms with E-state index in [1.807, 2.05) is 25.1 Å². The van der Waals surface area contributed by atoms with Crippen molar-refractivity contribution < 1.29 is 14.5 Å². The number of benzene rings is 2. The molecule has 0 saturated carbocycles. The number of nitrogens with one attached hydrogen (secondary N) is 1. The lowest BCUT2D eigenvalue weighted by Crippen LogP contribution is -2.24. The molecule has 0 bridgehead atoms. The Balaban J connectivity index is 1.94. The SMILES string of the molecule is Cc1cccc(OCC(=O)N/N=C\c2ccc(N(C)C)c([N+](=O)[O-])c2)c1. The van der Waals surface area contributed by atoms with Gasteiger partial charge in [0.2, 0.25) is 0 Å². The Kier molecular flexibility index (Phi) is 6.26. The quantitative estimate of drug-likeness (QED) is 0.467. The molecule has 0 saturated heterocycles. The van der Waals surface area contributed by atoms with Crippen molar-refractivity contribution in [1.29, 1.82) is 0 Å². The van der Waals surface area contributed by atoms with Crippen LogP contribution in [0.1, 0.15) is 11.1 Å². The fraction of sp³-hybridized carbons (Fsp3) is 0.222. The largest absolute Gasteiger partial charge is 0.484 e. The van der Waals surface area contributed by atoms with Crippen LogP contribution < -0.4 is 15.1 Å². The molecule has 0 aliphatic heterocycles. The number of carbonyl (C=O) groups excluding carboxylic acids is 1. The van der Waals surface area contributed by atoms with Crippen molar-refractivity contribution in [2.45, 2.75) is 6.92 Å². The van der Waals surface area contributed by atoms with Crippen molar-refractivity contribution in [2.24, 2.45) is 5.10 Å². The molecule has 0 atom stereocenters. The van der Waals surface area contributed by atoms with Gasteiger partial charge in [-0.15, -0.1) is 0 Å². The summed E-state index contributed by atoms with van der Waals surface area (Å²) in [6.07, 6.45) is 1.34. The predicted octanol–water partition coefficient (Wildman–Crippen LogP) is 2.50. The Bertz CT molecular complexity index is 834. The standard InChI is InChI=1S/C18H20N4O4/c1-13-5-4-6-15(9-13)26-12-18(23)20-19-11-14-7-8-16(21(2)3)17(10-14)22(24)25/h4-11H,12H2,1-3H3,(H,20,23)/b19-11-. The number of aryl methyl sites for hydroxylation is 1. The van der Waals surface area contributed by atoms with Gasteiger partial charge in [-0.1, -0.05) is 18.2 Å². The molecule has 0 aliphatic rings. The third kappa shape index (κ3) is 5.30. The fourth-order valence-electron chi connectivity index (χ4n) is 2.21. The number of hydrogen-bond acceptors (Lipinski definition) is 6. The molecule has 8 nitrogen and oxygen atoms in total. The molecule has 0 unspecified atom stereocenters. The summed E-state index contributed by atoms with van der Waals surface area (Å²) >= 11 is 0. The van der Waals surface area contributed by atoms with Crippen LogP contribution >= 0.6 is 0 Å². The number of hydrogen-bond donors (Lipinski definition) is 1. The van der Waals surface area contributed by atoms with Gasteiger partial charge in [0.1, 0.15) is 11.4 Å². The monoisotopic (exact) mass is 356 g/mol. The maximum Gasteiger partial charge on any atom is 0.293 e. The molecule has 1 N–H and O–H groups in total. The molecule has 0 fully saturated rings. The predicted molar refractivity (Wildman–Crippen MR) is 99.8 cm³/mol. The minimum absolute atomic E-state index is 0.0342. The van der Waals surface area contributed by atoms with Gasteiger partial charge < -0.3 is 9.64 Å². The Morgan fingerprint density at radius 1 is 1.31 bits per heavy atom. The summed E-state index contributed by atoms with van der Waals surface area (Å²) in [5.74, 6) is 0.168. The number of amides is 1. The minimum atomic E-state index is -0.457. The van der Waals surface area contributed by atoms with E-state index in [0.717, 1.165) is 5.56 Å². The van der Waals surface area contributed by atoms with Crippen LogP contribution in [0, 0.1) is 17.0 Å². The highest BCUT2D eigenvalue weighted by molar-refractivity contribution is 5.85. The van der Waals surface area contributed by atoms with E-state index in [1.165, 1.54) is 12.3 Å². The van der Waals surface area contributed by atoms with Crippen LogP contribution in [-0.2, 0) is 4.79 Å². The van der Waals surface area contributed by atoms with E-state index in [-0.39, 0.29) is 12.3 Å². The number of rotatable bonds is 7. The summed E-state index contributed by atoms with van der Waals surface area (Å²) in [6, 6.07) is 12.1. The molecule has 136 valence electrons. The van der Waals surface area contributed by atoms with E-state index >= 15 is 0 Å². The molecule has 0 heterocycles. The molecule has 0 aliphatic carbocycles. The molecule has 0 spiro atoms. The zero-order valence-corrected chi connectivity index (χ0v) is 14.8. The van der Waals surface area contributed by atoms with Crippen LogP contribution in [0.15, 0.2) is 47.6 Å². The lowest BCUT2D eigenvalue weighted by molar-refractivity contribution is -0.384. The summed E-state index contributed by atoms with van der Waals surface area (Å²) in [5, 5.41) is 15.0. The van der Waals surface area contributed by atoms with Crippen LogP contribution in [0.3, 0.4) is 0 Å². The van der Waals surface area contributed by atoms with Crippen LogP contribution in [0.4, 0.5) is 11.4 Å². The van der Waals surface area contributed by atoms with Gasteiger partial charge in [-0.25, -0.2) is 5.43 Å². The molecular formula is C18H20N4O4. The molecule has 2 aromatic rings. The average Bonchev–Trinajstić information content (AvgIpc) is 2.59.